The van der Waals surface area contributed by atoms with Gasteiger partial charge in [-0.05, 0) is 70.7 Å². The molecule has 0 saturated carbocycles. The van der Waals surface area contributed by atoms with E-state index in [1.54, 1.807) is 6.07 Å². The summed E-state index contributed by atoms with van der Waals surface area (Å²) in [6.45, 7) is 3.55. The number of nitriles is 1. The molecule has 5 nitrogen and oxygen atoms in total. The normalized spacial score (nSPS) is 11.1. The molecule has 140 valence electrons. The van der Waals surface area contributed by atoms with Crippen LogP contribution in [-0.2, 0) is 4.79 Å². The summed E-state index contributed by atoms with van der Waals surface area (Å²) >= 11 is 4.26. The van der Waals surface area contributed by atoms with Crippen LogP contribution in [0.3, 0.4) is 0 Å². The molecule has 7 heteroatoms. The lowest BCUT2D eigenvalue weighted by Gasteiger charge is -2.08. The van der Waals surface area contributed by atoms with Crippen LogP contribution < -0.4 is 4.74 Å². The van der Waals surface area contributed by atoms with Crippen molar-refractivity contribution in [2.24, 2.45) is 0 Å². The molecule has 0 amide bonds. The van der Waals surface area contributed by atoms with Gasteiger partial charge in [-0.1, -0.05) is 32.6 Å². The molecule has 0 saturated heterocycles. The van der Waals surface area contributed by atoms with Crippen LogP contribution in [0.2, 0.25) is 0 Å². The Labute approximate surface area is 177 Å². The number of halogens is 2. The number of benzene rings is 1. The number of carbonyl (C=O) groups excluding carboxylic acids is 1. The molecule has 1 unspecified atom stereocenters. The van der Waals surface area contributed by atoms with E-state index in [0.29, 0.717) is 17.7 Å². The monoisotopic (exact) mass is 573 g/mol. The lowest BCUT2D eigenvalue weighted by molar-refractivity contribution is -0.134. The smallest absolute Gasteiger partial charge is 0.311 e. The second-order valence-electron chi connectivity index (χ2n) is 5.52. The van der Waals surface area contributed by atoms with E-state index in [9.17, 15) is 4.79 Å². The maximum atomic E-state index is 11.8. The van der Waals surface area contributed by atoms with Gasteiger partial charge in [-0.15, -0.1) is 0 Å². The van der Waals surface area contributed by atoms with E-state index in [4.69, 9.17) is 20.2 Å². The Hall–Kier alpha value is -0.440. The van der Waals surface area contributed by atoms with E-state index < -0.39 is 6.10 Å². The first-order valence-electron chi connectivity index (χ1n) is 8.25. The number of nitrogens with zero attached hydrogens (tertiary/aromatic N) is 1. The summed E-state index contributed by atoms with van der Waals surface area (Å²) in [5.74, 6) is 0.117. The quantitative estimate of drug-likeness (QED) is 0.209. The van der Waals surface area contributed by atoms with Crippen molar-refractivity contribution in [3.63, 3.8) is 0 Å². The Morgan fingerprint density at radius 1 is 1.28 bits per heavy atom. The molecule has 0 aliphatic carbocycles. The van der Waals surface area contributed by atoms with Gasteiger partial charge in [0, 0.05) is 13.6 Å². The molecule has 0 aliphatic heterocycles. The van der Waals surface area contributed by atoms with Gasteiger partial charge in [0.1, 0.15) is 17.4 Å². The fourth-order valence-corrected chi connectivity index (χ4v) is 2.78. The molecule has 2 N–H and O–H groups in total. The standard InChI is InChI=1S/C15H17I2NO2.C3H8O2/c1-2-3-4-5-6-7-14(19)20-13-9-8-12(16)15(17)11(13)10-18;1-3(5)2-4/h8-9H,2-7H2,1H3;3-5H,2H2,1H3. The molecular weight excluding hydrogens is 548 g/mol. The maximum Gasteiger partial charge on any atom is 0.311 e. The Balaban J connectivity index is 0.00000101. The van der Waals surface area contributed by atoms with Crippen LogP contribution in [-0.4, -0.2) is 28.9 Å². The Bertz CT molecular complexity index is 571. The second kappa shape index (κ2) is 14.7. The molecular formula is C18H25I2NO4. The van der Waals surface area contributed by atoms with Crippen molar-refractivity contribution >= 4 is 51.2 Å². The Morgan fingerprint density at radius 3 is 2.40 bits per heavy atom. The van der Waals surface area contributed by atoms with E-state index in [0.717, 1.165) is 26.4 Å². The van der Waals surface area contributed by atoms with Gasteiger partial charge in [-0.25, -0.2) is 0 Å². The predicted molar refractivity (Wildman–Crippen MR) is 114 cm³/mol. The first-order valence-corrected chi connectivity index (χ1v) is 10.4. The minimum Gasteiger partial charge on any atom is -0.425 e. The molecule has 1 aromatic carbocycles. The SMILES string of the molecule is CC(O)CO.CCCCCCCC(=O)Oc1ccc(I)c(I)c1C#N. The van der Waals surface area contributed by atoms with E-state index >= 15 is 0 Å². The van der Waals surface area contributed by atoms with Crippen LogP contribution in [0.4, 0.5) is 0 Å². The van der Waals surface area contributed by atoms with Gasteiger partial charge in [-0.3, -0.25) is 4.79 Å². The summed E-state index contributed by atoms with van der Waals surface area (Å²) < 4.78 is 7.13. The van der Waals surface area contributed by atoms with Crippen molar-refractivity contribution in [2.45, 2.75) is 58.5 Å². The molecule has 0 aromatic heterocycles. The van der Waals surface area contributed by atoms with Crippen molar-refractivity contribution in [1.82, 2.24) is 0 Å². The highest BCUT2D eigenvalue weighted by Gasteiger charge is 2.14. The van der Waals surface area contributed by atoms with Crippen molar-refractivity contribution in [3.05, 3.63) is 24.8 Å². The van der Waals surface area contributed by atoms with Gasteiger partial charge < -0.3 is 14.9 Å². The number of esters is 1. The molecule has 0 fully saturated rings. The molecule has 0 aliphatic rings. The lowest BCUT2D eigenvalue weighted by Crippen LogP contribution is -2.09. The summed E-state index contributed by atoms with van der Waals surface area (Å²) in [7, 11) is 0. The molecule has 25 heavy (non-hydrogen) atoms. The zero-order chi connectivity index (χ0) is 19.2. The third-order valence-electron chi connectivity index (χ3n) is 3.14. The number of unbranched alkanes of at least 4 members (excludes halogenated alkanes) is 4. The van der Waals surface area contributed by atoms with Crippen LogP contribution in [0.1, 0.15) is 57.9 Å². The van der Waals surface area contributed by atoms with Gasteiger partial charge in [0.15, 0.2) is 0 Å². The maximum absolute atomic E-state index is 11.8. The molecule has 0 radical (unpaired) electrons. The number of rotatable bonds is 8. The number of aliphatic hydroxyl groups excluding tert-OH is 2. The van der Waals surface area contributed by atoms with Crippen LogP contribution in [0, 0.1) is 18.5 Å². The van der Waals surface area contributed by atoms with Crippen molar-refractivity contribution < 1.29 is 19.7 Å². The van der Waals surface area contributed by atoms with Crippen LogP contribution >= 0.6 is 45.2 Å². The average Bonchev–Trinajstić information content (AvgIpc) is 2.59. The zero-order valence-corrected chi connectivity index (χ0v) is 18.9. The molecule has 1 atom stereocenters. The first-order chi connectivity index (χ1) is 11.9. The molecule has 0 spiro atoms. The predicted octanol–water partition coefficient (Wildman–Crippen LogP) is 4.39. The highest BCUT2D eigenvalue weighted by Crippen LogP contribution is 2.27. The minimum atomic E-state index is -0.560. The van der Waals surface area contributed by atoms with Gasteiger partial charge >= 0.3 is 5.97 Å². The van der Waals surface area contributed by atoms with Gasteiger partial charge in [-0.2, -0.15) is 5.26 Å². The summed E-state index contributed by atoms with van der Waals surface area (Å²) in [6.07, 6.45) is 5.32. The number of ether oxygens (including phenoxy) is 1. The topological polar surface area (TPSA) is 90.6 Å². The summed E-state index contributed by atoms with van der Waals surface area (Å²) in [4.78, 5) is 11.8. The average molecular weight is 573 g/mol. The minimum absolute atomic E-state index is 0.139. The molecule has 0 heterocycles. The zero-order valence-electron chi connectivity index (χ0n) is 14.6. The summed E-state index contributed by atoms with van der Waals surface area (Å²) in [6, 6.07) is 5.65. The first kappa shape index (κ1) is 24.6. The number of hydrogen-bond acceptors (Lipinski definition) is 5. The van der Waals surface area contributed by atoms with Crippen molar-refractivity contribution in [2.75, 3.05) is 6.61 Å². The van der Waals surface area contributed by atoms with Crippen LogP contribution in [0.5, 0.6) is 5.75 Å². The summed E-state index contributed by atoms with van der Waals surface area (Å²) in [5.41, 5.74) is 0.442. The lowest BCUT2D eigenvalue weighted by atomic mass is 10.1. The van der Waals surface area contributed by atoms with Crippen LogP contribution in [0.15, 0.2) is 12.1 Å². The molecule has 1 rings (SSSR count). The Morgan fingerprint density at radius 2 is 1.88 bits per heavy atom. The van der Waals surface area contributed by atoms with E-state index in [-0.39, 0.29) is 12.6 Å². The van der Waals surface area contributed by atoms with E-state index in [2.05, 4.69) is 58.2 Å². The van der Waals surface area contributed by atoms with Crippen LogP contribution in [0.25, 0.3) is 0 Å². The third kappa shape index (κ3) is 11.0. The number of carbonyl (C=O) groups is 1. The number of hydrogen-bond donors (Lipinski definition) is 2. The van der Waals surface area contributed by atoms with E-state index in [1.165, 1.54) is 19.8 Å². The van der Waals surface area contributed by atoms with Gasteiger partial charge in [0.25, 0.3) is 0 Å². The van der Waals surface area contributed by atoms with Crippen molar-refractivity contribution in [1.29, 1.82) is 5.26 Å². The van der Waals surface area contributed by atoms with Gasteiger partial charge in [0.2, 0.25) is 0 Å². The molecule has 0 bridgehead atoms. The Kier molecular flexibility index (Phi) is 14.4. The third-order valence-corrected chi connectivity index (χ3v) is 6.19. The largest absolute Gasteiger partial charge is 0.425 e. The fourth-order valence-electron chi connectivity index (χ4n) is 1.77. The van der Waals surface area contributed by atoms with Crippen molar-refractivity contribution in [3.8, 4) is 11.8 Å². The second-order valence-corrected chi connectivity index (χ2v) is 7.76. The highest BCUT2D eigenvalue weighted by atomic mass is 127. The summed E-state index contributed by atoms with van der Waals surface area (Å²) in [5, 5.41) is 25.2. The fraction of sp³-hybridized carbons (Fsp3) is 0.556. The van der Waals surface area contributed by atoms with Gasteiger partial charge in [0.05, 0.1) is 12.7 Å². The highest BCUT2D eigenvalue weighted by molar-refractivity contribution is 14.1. The van der Waals surface area contributed by atoms with E-state index in [1.807, 2.05) is 6.07 Å². The number of aliphatic hydroxyl groups is 2. The molecule has 1 aromatic rings.